The number of hydrogen-bond acceptors (Lipinski definition) is 9. The maximum Gasteiger partial charge on any atom is 0.182 e. The quantitative estimate of drug-likeness (QED) is 0.417. The minimum Gasteiger partial charge on any atom is -0.497 e. The molecule has 1 aromatic rings. The van der Waals surface area contributed by atoms with Gasteiger partial charge in [0.15, 0.2) is 10.7 Å². The number of nitrogens with one attached hydrogen (secondary N) is 2. The summed E-state index contributed by atoms with van der Waals surface area (Å²) in [5.41, 5.74) is 10.1. The molecule has 3 aliphatic heterocycles. The molecule has 1 aliphatic carbocycles. The topological polar surface area (TPSA) is 109 Å². The van der Waals surface area contributed by atoms with E-state index < -0.39 is 4.87 Å². The molecule has 10 heteroatoms. The molecule has 0 radical (unpaired) electrons. The van der Waals surface area contributed by atoms with Crippen LogP contribution in [0, 0.1) is 0 Å². The van der Waals surface area contributed by atoms with E-state index in [2.05, 4.69) is 26.6 Å². The van der Waals surface area contributed by atoms with Crippen molar-refractivity contribution in [1.29, 1.82) is 0 Å². The number of allylic oxidation sites excluding steroid dienone is 1. The van der Waals surface area contributed by atoms with Crippen LogP contribution in [-0.4, -0.2) is 73.5 Å². The van der Waals surface area contributed by atoms with Crippen LogP contribution in [0.1, 0.15) is 0 Å². The molecule has 4 N–H and O–H groups in total. The molecule has 0 aromatic heterocycles. The number of anilines is 1. The highest BCUT2D eigenvalue weighted by Gasteiger charge is 2.47. The van der Waals surface area contributed by atoms with Crippen molar-refractivity contribution in [2.24, 2.45) is 20.7 Å². The Morgan fingerprint density at radius 3 is 2.91 bits per heavy atom. The van der Waals surface area contributed by atoms with Gasteiger partial charge < -0.3 is 25.8 Å². The lowest BCUT2D eigenvalue weighted by Gasteiger charge is -2.31. The lowest BCUT2D eigenvalue weighted by Crippen LogP contribution is -2.38. The summed E-state index contributed by atoms with van der Waals surface area (Å²) in [5.74, 6) is 1.27. The van der Waals surface area contributed by atoms with Gasteiger partial charge in [0.25, 0.3) is 0 Å². The number of morpholine rings is 1. The number of ether oxygens (including phenoxy) is 2. The van der Waals surface area contributed by atoms with Gasteiger partial charge in [0.2, 0.25) is 0 Å². The van der Waals surface area contributed by atoms with Crippen LogP contribution >= 0.6 is 11.8 Å². The van der Waals surface area contributed by atoms with E-state index in [1.54, 1.807) is 13.4 Å². The molecule has 0 saturated carbocycles. The van der Waals surface area contributed by atoms with Crippen molar-refractivity contribution in [2.75, 3.05) is 51.8 Å². The predicted octanol–water partition coefficient (Wildman–Crippen LogP) is 1.93. The van der Waals surface area contributed by atoms with Gasteiger partial charge in [0.1, 0.15) is 10.8 Å². The van der Waals surface area contributed by atoms with Crippen molar-refractivity contribution in [2.45, 2.75) is 4.87 Å². The van der Waals surface area contributed by atoms with E-state index in [1.165, 1.54) is 11.8 Å². The van der Waals surface area contributed by atoms with Crippen LogP contribution in [0.15, 0.2) is 74.6 Å². The minimum absolute atomic E-state index is 0.454. The first kappa shape index (κ1) is 21.7. The van der Waals surface area contributed by atoms with Gasteiger partial charge in [0.05, 0.1) is 38.9 Å². The van der Waals surface area contributed by atoms with Gasteiger partial charge in [0, 0.05) is 42.8 Å². The smallest absolute Gasteiger partial charge is 0.182 e. The number of amidine groups is 1. The molecule has 5 rings (SSSR count). The molecule has 1 atom stereocenters. The predicted molar refractivity (Wildman–Crippen MR) is 134 cm³/mol. The third kappa shape index (κ3) is 4.54. The lowest BCUT2D eigenvalue weighted by molar-refractivity contribution is 0.0394. The molecule has 1 unspecified atom stereocenters. The van der Waals surface area contributed by atoms with Crippen LogP contribution < -0.4 is 21.1 Å². The molecule has 172 valence electrons. The highest BCUT2D eigenvalue weighted by molar-refractivity contribution is 8.17. The normalized spacial score (nSPS) is 24.6. The van der Waals surface area contributed by atoms with Crippen LogP contribution in [0.3, 0.4) is 0 Å². The Morgan fingerprint density at radius 1 is 1.30 bits per heavy atom. The third-order valence-corrected chi connectivity index (χ3v) is 7.11. The zero-order valence-electron chi connectivity index (χ0n) is 18.5. The average Bonchev–Trinajstić information content (AvgIpc) is 3.22. The molecule has 0 amide bonds. The Labute approximate surface area is 197 Å². The Hall–Kier alpha value is -3.08. The number of methoxy groups -OCH3 is 1. The van der Waals surface area contributed by atoms with Gasteiger partial charge in [-0.3, -0.25) is 9.89 Å². The molecule has 1 saturated heterocycles. The maximum absolute atomic E-state index is 6.35. The first-order valence-electron chi connectivity index (χ1n) is 10.9. The number of nitrogens with two attached hydrogens (primary N) is 1. The Balaban J connectivity index is 1.33. The van der Waals surface area contributed by atoms with Crippen molar-refractivity contribution >= 4 is 34.7 Å². The van der Waals surface area contributed by atoms with Crippen molar-refractivity contribution < 1.29 is 9.47 Å². The van der Waals surface area contributed by atoms with E-state index >= 15 is 0 Å². The van der Waals surface area contributed by atoms with Gasteiger partial charge >= 0.3 is 0 Å². The van der Waals surface area contributed by atoms with Gasteiger partial charge in [-0.05, 0) is 36.4 Å². The number of thioether (sulfide) groups is 1. The van der Waals surface area contributed by atoms with Crippen LogP contribution in [-0.2, 0) is 4.74 Å². The summed E-state index contributed by atoms with van der Waals surface area (Å²) in [4.78, 5) is 15.9. The third-order valence-electron chi connectivity index (χ3n) is 5.77. The van der Waals surface area contributed by atoms with Crippen molar-refractivity contribution in [3.8, 4) is 5.75 Å². The first-order chi connectivity index (χ1) is 16.2. The van der Waals surface area contributed by atoms with E-state index in [0.717, 1.165) is 61.3 Å². The summed E-state index contributed by atoms with van der Waals surface area (Å²) in [7, 11) is 1.66. The molecule has 4 aliphatic rings. The number of benzene rings is 1. The number of rotatable bonds is 7. The van der Waals surface area contributed by atoms with E-state index in [1.807, 2.05) is 36.5 Å². The van der Waals surface area contributed by atoms with Gasteiger partial charge in [-0.2, -0.15) is 0 Å². The summed E-state index contributed by atoms with van der Waals surface area (Å²) in [5, 5.41) is 7.24. The Morgan fingerprint density at radius 2 is 2.12 bits per heavy atom. The van der Waals surface area contributed by atoms with Crippen molar-refractivity contribution in [3.63, 3.8) is 0 Å². The molecule has 1 aromatic carbocycles. The molecule has 1 fully saturated rings. The number of nitrogens with zero attached hydrogens (tertiary/aromatic N) is 4. The summed E-state index contributed by atoms with van der Waals surface area (Å²) < 4.78 is 10.6. The monoisotopic (exact) mass is 465 g/mol. The molecule has 9 nitrogen and oxygen atoms in total. The molecular weight excluding hydrogens is 438 g/mol. The number of hydrogen-bond donors (Lipinski definition) is 3. The fraction of sp³-hybridized carbons (Fsp3) is 0.348. The van der Waals surface area contributed by atoms with Crippen LogP contribution in [0.25, 0.3) is 0 Å². The highest BCUT2D eigenvalue weighted by atomic mass is 32.2. The molecule has 0 bridgehead atoms. The van der Waals surface area contributed by atoms with E-state index in [9.17, 15) is 0 Å². The second-order valence-electron chi connectivity index (χ2n) is 7.89. The summed E-state index contributed by atoms with van der Waals surface area (Å²) in [6.45, 7) is 4.92. The van der Waals surface area contributed by atoms with Crippen LogP contribution in [0.2, 0.25) is 0 Å². The summed E-state index contributed by atoms with van der Waals surface area (Å²) in [6.07, 6.45) is 7.75. The largest absolute Gasteiger partial charge is 0.497 e. The lowest BCUT2D eigenvalue weighted by atomic mass is 9.96. The van der Waals surface area contributed by atoms with E-state index in [-0.39, 0.29) is 0 Å². The maximum atomic E-state index is 6.35. The Bertz CT molecular complexity index is 1080. The molecule has 3 heterocycles. The van der Waals surface area contributed by atoms with Gasteiger partial charge in [-0.25, -0.2) is 9.98 Å². The second-order valence-corrected chi connectivity index (χ2v) is 9.07. The Kier molecular flexibility index (Phi) is 6.21. The first-order valence-corrected chi connectivity index (χ1v) is 11.7. The van der Waals surface area contributed by atoms with Crippen molar-refractivity contribution in [1.82, 2.24) is 10.2 Å². The average molecular weight is 466 g/mol. The van der Waals surface area contributed by atoms with Crippen LogP contribution in [0.5, 0.6) is 5.75 Å². The number of aliphatic imine (C=N–C) groups is 3. The zero-order valence-corrected chi connectivity index (χ0v) is 19.3. The minimum atomic E-state index is -0.629. The summed E-state index contributed by atoms with van der Waals surface area (Å²) >= 11 is 1.53. The standard InChI is InChI=1S/C23H27N7O2S/c1-31-19-4-2-17(3-5-19)28-18-12-16-14-25-15-27-23(16)20(13-18)29-22(33-23)21(24)26-6-7-30-8-10-32-11-9-30/h2-5,12-15,28H,6-11H2,1H3,(H2,24,26)(H,25,27). The fourth-order valence-corrected chi connectivity index (χ4v) is 5.12. The van der Waals surface area contributed by atoms with Crippen LogP contribution in [0.4, 0.5) is 5.69 Å². The van der Waals surface area contributed by atoms with Gasteiger partial charge in [-0.1, -0.05) is 11.8 Å². The SMILES string of the molecule is COc1ccc(NC2=CC3=CNC=NC34SC(C(N)=NCCN3CCOCC3)=NC4=C2)cc1. The highest BCUT2D eigenvalue weighted by Crippen LogP contribution is 2.51. The van der Waals surface area contributed by atoms with Gasteiger partial charge in [-0.15, -0.1) is 0 Å². The molecule has 1 spiro atoms. The molecule has 33 heavy (non-hydrogen) atoms. The zero-order chi connectivity index (χ0) is 22.7. The summed E-state index contributed by atoms with van der Waals surface area (Å²) in [6, 6.07) is 7.79. The van der Waals surface area contributed by atoms with E-state index in [4.69, 9.17) is 25.2 Å². The molecular formula is C23H27N7O2S. The van der Waals surface area contributed by atoms with E-state index in [0.29, 0.717) is 17.4 Å². The van der Waals surface area contributed by atoms with Crippen molar-refractivity contribution in [3.05, 3.63) is 59.6 Å². The fourth-order valence-electron chi connectivity index (χ4n) is 3.98. The second kappa shape index (κ2) is 9.42.